The number of ether oxygens (including phenoxy) is 2. The lowest BCUT2D eigenvalue weighted by molar-refractivity contribution is -0.123. The summed E-state index contributed by atoms with van der Waals surface area (Å²) in [6.07, 6.45) is 9.87. The second-order valence-electron chi connectivity index (χ2n) is 14.3. The molecule has 3 atom stereocenters. The number of rotatable bonds is 8. The highest BCUT2D eigenvalue weighted by Gasteiger charge is 2.52. The van der Waals surface area contributed by atoms with Crippen molar-refractivity contribution in [2.45, 2.75) is 31.3 Å². The molecule has 6 heterocycles. The molecule has 3 amide bonds. The number of halogens is 1. The van der Waals surface area contributed by atoms with Crippen molar-refractivity contribution in [2.75, 3.05) is 57.4 Å². The topological polar surface area (TPSA) is 147 Å². The molecule has 9 rings (SSSR count). The van der Waals surface area contributed by atoms with Crippen LogP contribution in [0.15, 0.2) is 30.6 Å². The number of hydrogen-bond acceptors (Lipinski definition) is 10. The quantitative estimate of drug-likeness (QED) is 0.189. The van der Waals surface area contributed by atoms with Gasteiger partial charge in [-0.05, 0) is 48.4 Å². The minimum absolute atomic E-state index is 0.0176. The molecule has 4 aromatic rings. The SMILES string of the molecule is C#Cc1c(F)ccc2cc(O)cc(Cn3cnc4c(OCC5(CN6CC7COCC7C6)CC5)nc(N5CCC6(C5)NC(=O)NC6=O)nc43)c12. The molecule has 0 bridgehead atoms. The third-order valence-electron chi connectivity index (χ3n) is 11.0. The van der Waals surface area contributed by atoms with Crippen molar-refractivity contribution in [1.29, 1.82) is 0 Å². The summed E-state index contributed by atoms with van der Waals surface area (Å²) in [6.45, 7) is 6.00. The van der Waals surface area contributed by atoms with E-state index in [9.17, 15) is 19.1 Å². The normalized spacial score (nSPS) is 25.7. The van der Waals surface area contributed by atoms with Crippen LogP contribution in [0.2, 0.25) is 0 Å². The monoisotopic (exact) mass is 666 g/mol. The summed E-state index contributed by atoms with van der Waals surface area (Å²) in [7, 11) is 0. The Kier molecular flexibility index (Phi) is 6.76. The van der Waals surface area contributed by atoms with Gasteiger partial charge in [-0.25, -0.2) is 14.2 Å². The number of carbonyl (C=O) groups is 2. The van der Waals surface area contributed by atoms with E-state index in [0.717, 1.165) is 45.7 Å². The Labute approximate surface area is 280 Å². The number of aromatic nitrogens is 4. The fourth-order valence-electron chi connectivity index (χ4n) is 8.16. The van der Waals surface area contributed by atoms with Gasteiger partial charge in [0.1, 0.15) is 17.1 Å². The standard InChI is InChI=1S/C35H35FN8O5/c1-2-25-26(36)4-3-20-9-24(45)10-21(27(20)25)13-44-19-37-28-29(44)38-32(43-8-7-35(17-43)31(46)40-33(47)41-35)39-30(28)49-18-34(5-6-34)16-42-11-22-14-48-15-23(22)12-42/h1,3-4,9-10,19,22-23,45H,5-8,11-18H2,(H2,40,41,46,47). The van der Waals surface area contributed by atoms with E-state index in [1.165, 1.54) is 6.07 Å². The number of aromatic hydroxyl groups is 1. The number of nitrogens with zero attached hydrogens (tertiary/aromatic N) is 6. The number of benzene rings is 2. The fraction of sp³-hybridized carbons (Fsp3) is 0.457. The first-order chi connectivity index (χ1) is 23.7. The van der Waals surface area contributed by atoms with Crippen LogP contribution in [0.25, 0.3) is 21.9 Å². The molecular weight excluding hydrogens is 631 g/mol. The van der Waals surface area contributed by atoms with Crippen molar-refractivity contribution in [2.24, 2.45) is 17.3 Å². The van der Waals surface area contributed by atoms with Crippen molar-refractivity contribution < 1.29 is 28.6 Å². The summed E-state index contributed by atoms with van der Waals surface area (Å²) >= 11 is 0. The predicted octanol–water partition coefficient (Wildman–Crippen LogP) is 2.38. The zero-order valence-electron chi connectivity index (χ0n) is 26.7. The lowest BCUT2D eigenvalue weighted by Gasteiger charge is -2.24. The molecule has 5 aliphatic rings. The third kappa shape index (κ3) is 5.10. The number of carbonyl (C=O) groups excluding carboxylic acids is 2. The zero-order valence-corrected chi connectivity index (χ0v) is 26.7. The van der Waals surface area contributed by atoms with E-state index >= 15 is 0 Å². The van der Waals surface area contributed by atoms with Gasteiger partial charge < -0.3 is 34.3 Å². The predicted molar refractivity (Wildman–Crippen MR) is 176 cm³/mol. The van der Waals surface area contributed by atoms with E-state index in [1.807, 2.05) is 4.90 Å². The van der Waals surface area contributed by atoms with Crippen LogP contribution in [0.5, 0.6) is 11.6 Å². The van der Waals surface area contributed by atoms with Gasteiger partial charge in [-0.2, -0.15) is 9.97 Å². The Balaban J connectivity index is 1.06. The number of phenolic OH excluding ortho intramolecular Hbond substituents is 1. The van der Waals surface area contributed by atoms with Crippen molar-refractivity contribution in [3.8, 4) is 24.0 Å². The van der Waals surface area contributed by atoms with Crippen molar-refractivity contribution in [1.82, 2.24) is 35.1 Å². The van der Waals surface area contributed by atoms with E-state index < -0.39 is 17.4 Å². The van der Waals surface area contributed by atoms with Gasteiger partial charge in [-0.15, -0.1) is 6.42 Å². The Hall–Kier alpha value is -5.00. The van der Waals surface area contributed by atoms with Gasteiger partial charge >= 0.3 is 6.03 Å². The number of hydrogen-bond donors (Lipinski definition) is 3. The van der Waals surface area contributed by atoms with Crippen LogP contribution in [-0.2, 0) is 16.1 Å². The molecule has 3 unspecified atom stereocenters. The van der Waals surface area contributed by atoms with E-state index in [2.05, 4.69) is 26.4 Å². The van der Waals surface area contributed by atoms with Crippen LogP contribution in [0.3, 0.4) is 0 Å². The van der Waals surface area contributed by atoms with Gasteiger partial charge in [0.05, 0.1) is 44.8 Å². The highest BCUT2D eigenvalue weighted by molar-refractivity contribution is 6.07. The Morgan fingerprint density at radius 2 is 1.96 bits per heavy atom. The van der Waals surface area contributed by atoms with E-state index in [-0.39, 0.29) is 35.7 Å². The molecule has 1 spiro atoms. The molecule has 3 N–H and O–H groups in total. The smallest absolute Gasteiger partial charge is 0.322 e. The average Bonchev–Trinajstić information content (AvgIpc) is 3.56. The molecule has 14 heteroatoms. The number of nitrogens with one attached hydrogen (secondary N) is 2. The second-order valence-corrected chi connectivity index (χ2v) is 14.3. The third-order valence-corrected chi connectivity index (χ3v) is 11.0. The minimum Gasteiger partial charge on any atom is -0.508 e. The molecular formula is C35H35FN8O5. The lowest BCUT2D eigenvalue weighted by atomic mass is 9.98. The summed E-state index contributed by atoms with van der Waals surface area (Å²) in [5.74, 6) is 3.47. The number of likely N-dealkylation sites (tertiary alicyclic amines) is 1. The molecule has 2 aromatic carbocycles. The molecule has 13 nitrogen and oxygen atoms in total. The van der Waals surface area contributed by atoms with Gasteiger partial charge in [-0.3, -0.25) is 10.1 Å². The fourth-order valence-corrected chi connectivity index (χ4v) is 8.16. The lowest BCUT2D eigenvalue weighted by Crippen LogP contribution is -2.49. The summed E-state index contributed by atoms with van der Waals surface area (Å²) < 4.78 is 28.8. The van der Waals surface area contributed by atoms with Crippen molar-refractivity contribution >= 4 is 39.8 Å². The number of anilines is 1. The second kappa shape index (κ2) is 11.0. The molecule has 0 radical (unpaired) electrons. The van der Waals surface area contributed by atoms with E-state index in [0.29, 0.717) is 70.7 Å². The molecule has 4 aliphatic heterocycles. The van der Waals surface area contributed by atoms with Crippen LogP contribution < -0.4 is 20.3 Å². The first-order valence-electron chi connectivity index (χ1n) is 16.7. The summed E-state index contributed by atoms with van der Waals surface area (Å²) in [5, 5.41) is 16.8. The summed E-state index contributed by atoms with van der Waals surface area (Å²) in [5.41, 5.74) is 0.588. The maximum Gasteiger partial charge on any atom is 0.322 e. The maximum atomic E-state index is 14.8. The molecule has 252 valence electrons. The Bertz CT molecular complexity index is 2080. The van der Waals surface area contributed by atoms with E-state index in [4.69, 9.17) is 25.9 Å². The van der Waals surface area contributed by atoms with Gasteiger partial charge in [-0.1, -0.05) is 12.0 Å². The van der Waals surface area contributed by atoms with Gasteiger partial charge in [0.2, 0.25) is 11.8 Å². The van der Waals surface area contributed by atoms with Gasteiger partial charge in [0.15, 0.2) is 11.2 Å². The van der Waals surface area contributed by atoms with Gasteiger partial charge in [0.25, 0.3) is 5.91 Å². The highest BCUT2D eigenvalue weighted by atomic mass is 19.1. The largest absolute Gasteiger partial charge is 0.508 e. The Morgan fingerprint density at radius 3 is 2.69 bits per heavy atom. The van der Waals surface area contributed by atoms with Crippen molar-refractivity contribution in [3.05, 3.63) is 47.5 Å². The van der Waals surface area contributed by atoms with Crippen LogP contribution in [0.4, 0.5) is 15.1 Å². The molecule has 2 aromatic heterocycles. The molecule has 49 heavy (non-hydrogen) atoms. The number of phenols is 1. The molecule has 5 fully saturated rings. The average molecular weight is 667 g/mol. The number of amides is 3. The van der Waals surface area contributed by atoms with Crippen LogP contribution >= 0.6 is 0 Å². The van der Waals surface area contributed by atoms with Crippen LogP contribution in [-0.4, -0.2) is 99.5 Å². The van der Waals surface area contributed by atoms with Gasteiger partial charge in [0, 0.05) is 48.8 Å². The first-order valence-corrected chi connectivity index (χ1v) is 16.7. The van der Waals surface area contributed by atoms with Crippen LogP contribution in [0.1, 0.15) is 30.4 Å². The summed E-state index contributed by atoms with van der Waals surface area (Å²) in [6, 6.07) is 5.48. The van der Waals surface area contributed by atoms with Crippen molar-refractivity contribution in [3.63, 3.8) is 0 Å². The number of imidazole rings is 1. The highest BCUT2D eigenvalue weighted by Crippen LogP contribution is 2.48. The number of terminal acetylenes is 1. The molecule has 1 saturated carbocycles. The Morgan fingerprint density at radius 1 is 1.14 bits per heavy atom. The molecule has 1 aliphatic carbocycles. The number of fused-ring (bicyclic) bond motifs is 3. The molecule has 4 saturated heterocycles. The van der Waals surface area contributed by atoms with E-state index in [1.54, 1.807) is 29.1 Å². The minimum atomic E-state index is -1.07. The number of imide groups is 1. The maximum absolute atomic E-state index is 14.8. The summed E-state index contributed by atoms with van der Waals surface area (Å²) in [4.78, 5) is 43.6. The number of urea groups is 1. The van der Waals surface area contributed by atoms with Crippen LogP contribution in [0, 0.1) is 35.4 Å². The first kappa shape index (κ1) is 30.1. The zero-order chi connectivity index (χ0) is 33.5.